The SMILES string of the molecule is CC(C)CCCC(C)C1CCC2C3C(CC[C@]12C)[C@@]1(C)CCC(=O)NC1C[C@@H]3C(F)(F)F. The van der Waals surface area contributed by atoms with Gasteiger partial charge < -0.3 is 5.32 Å². The van der Waals surface area contributed by atoms with Crippen LogP contribution in [0.15, 0.2) is 0 Å². The normalized spacial score (nSPS) is 45.1. The highest BCUT2D eigenvalue weighted by molar-refractivity contribution is 5.77. The molecule has 0 spiro atoms. The van der Waals surface area contributed by atoms with Crippen molar-refractivity contribution in [3.8, 4) is 0 Å². The summed E-state index contributed by atoms with van der Waals surface area (Å²) in [4.78, 5) is 12.1. The van der Waals surface area contributed by atoms with Crippen molar-refractivity contribution in [3.05, 3.63) is 0 Å². The second kappa shape index (κ2) is 8.48. The van der Waals surface area contributed by atoms with Gasteiger partial charge in [0, 0.05) is 12.5 Å². The van der Waals surface area contributed by atoms with Gasteiger partial charge in [-0.3, -0.25) is 4.79 Å². The molecule has 0 bridgehead atoms. The second-order valence-electron chi connectivity index (χ2n) is 12.8. The molecule has 0 aromatic heterocycles. The largest absolute Gasteiger partial charge is 0.392 e. The summed E-state index contributed by atoms with van der Waals surface area (Å²) in [6.45, 7) is 11.4. The molecular formula is C27H44F3NO. The van der Waals surface area contributed by atoms with Gasteiger partial charge in [-0.1, -0.05) is 53.9 Å². The number of hydrogen-bond donors (Lipinski definition) is 1. The zero-order valence-electron chi connectivity index (χ0n) is 20.7. The van der Waals surface area contributed by atoms with E-state index in [-0.39, 0.29) is 47.0 Å². The summed E-state index contributed by atoms with van der Waals surface area (Å²) in [7, 11) is 0. The van der Waals surface area contributed by atoms with Crippen molar-refractivity contribution in [3.63, 3.8) is 0 Å². The van der Waals surface area contributed by atoms with Crippen molar-refractivity contribution < 1.29 is 18.0 Å². The molecular weight excluding hydrogens is 411 g/mol. The zero-order valence-corrected chi connectivity index (χ0v) is 20.7. The van der Waals surface area contributed by atoms with E-state index in [0.717, 1.165) is 32.1 Å². The Morgan fingerprint density at radius 2 is 1.69 bits per heavy atom. The maximum atomic E-state index is 14.5. The Hall–Kier alpha value is -0.740. The third-order valence-corrected chi connectivity index (χ3v) is 10.8. The van der Waals surface area contributed by atoms with E-state index in [1.54, 1.807) is 0 Å². The molecule has 1 heterocycles. The van der Waals surface area contributed by atoms with Crippen molar-refractivity contribution >= 4 is 5.91 Å². The third-order valence-electron chi connectivity index (χ3n) is 10.8. The molecule has 2 nitrogen and oxygen atoms in total. The minimum absolute atomic E-state index is 0.0308. The van der Waals surface area contributed by atoms with E-state index >= 15 is 0 Å². The average molecular weight is 456 g/mol. The summed E-state index contributed by atoms with van der Waals surface area (Å²) in [5.41, 5.74) is -0.161. The van der Waals surface area contributed by atoms with Gasteiger partial charge >= 0.3 is 6.18 Å². The highest BCUT2D eigenvalue weighted by Crippen LogP contribution is 2.69. The van der Waals surface area contributed by atoms with Crippen molar-refractivity contribution in [1.82, 2.24) is 5.32 Å². The number of alkyl halides is 3. The van der Waals surface area contributed by atoms with Crippen LogP contribution >= 0.6 is 0 Å². The van der Waals surface area contributed by atoms with Crippen molar-refractivity contribution in [2.45, 2.75) is 111 Å². The van der Waals surface area contributed by atoms with Gasteiger partial charge in [-0.25, -0.2) is 0 Å². The Morgan fingerprint density at radius 1 is 1.00 bits per heavy atom. The molecule has 4 aliphatic rings. The van der Waals surface area contributed by atoms with Crippen LogP contribution in [0.25, 0.3) is 0 Å². The first-order valence-corrected chi connectivity index (χ1v) is 13.2. The molecule has 4 fully saturated rings. The predicted octanol–water partition coefficient (Wildman–Crippen LogP) is 7.37. The highest BCUT2D eigenvalue weighted by atomic mass is 19.4. The maximum absolute atomic E-state index is 14.5. The summed E-state index contributed by atoms with van der Waals surface area (Å²) >= 11 is 0. The van der Waals surface area contributed by atoms with E-state index in [1.807, 2.05) is 0 Å². The number of amides is 1. The Labute approximate surface area is 192 Å². The first kappa shape index (κ1) is 24.4. The molecule has 9 atom stereocenters. The van der Waals surface area contributed by atoms with E-state index < -0.39 is 12.1 Å². The number of halogens is 3. The summed E-state index contributed by atoms with van der Waals surface area (Å²) in [5, 5.41) is 2.98. The highest BCUT2D eigenvalue weighted by Gasteiger charge is 2.66. The van der Waals surface area contributed by atoms with Gasteiger partial charge in [-0.15, -0.1) is 0 Å². The molecule has 0 aromatic carbocycles. The van der Waals surface area contributed by atoms with E-state index in [2.05, 4.69) is 39.9 Å². The topological polar surface area (TPSA) is 29.1 Å². The van der Waals surface area contributed by atoms with Crippen LogP contribution in [-0.4, -0.2) is 18.1 Å². The minimum Gasteiger partial charge on any atom is -0.353 e. The third kappa shape index (κ3) is 4.02. The average Bonchev–Trinajstić information content (AvgIpc) is 3.04. The fourth-order valence-corrected chi connectivity index (χ4v) is 9.07. The lowest BCUT2D eigenvalue weighted by atomic mass is 9.44. The lowest BCUT2D eigenvalue weighted by molar-refractivity contribution is -0.244. The molecule has 1 aliphatic heterocycles. The van der Waals surface area contributed by atoms with E-state index in [4.69, 9.17) is 0 Å². The Bertz CT molecular complexity index is 706. The lowest BCUT2D eigenvalue weighted by Gasteiger charge is -2.62. The Balaban J connectivity index is 1.60. The first-order chi connectivity index (χ1) is 14.9. The molecule has 1 amide bonds. The van der Waals surface area contributed by atoms with Crippen LogP contribution in [0.1, 0.15) is 98.8 Å². The second-order valence-corrected chi connectivity index (χ2v) is 12.8. The molecule has 0 radical (unpaired) electrons. The molecule has 0 aromatic rings. The quantitative estimate of drug-likeness (QED) is 0.460. The number of nitrogens with one attached hydrogen (secondary N) is 1. The number of carbonyl (C=O) groups is 1. The molecule has 4 rings (SSSR count). The molecule has 1 saturated heterocycles. The first-order valence-electron chi connectivity index (χ1n) is 13.2. The van der Waals surface area contributed by atoms with Crippen LogP contribution in [0.5, 0.6) is 0 Å². The summed E-state index contributed by atoms with van der Waals surface area (Å²) in [6.07, 6.45) is 4.76. The van der Waals surface area contributed by atoms with Crippen LogP contribution in [-0.2, 0) is 4.79 Å². The molecule has 5 heteroatoms. The van der Waals surface area contributed by atoms with Gasteiger partial charge in [0.15, 0.2) is 0 Å². The lowest BCUT2D eigenvalue weighted by Crippen LogP contribution is -2.65. The van der Waals surface area contributed by atoms with E-state index in [0.29, 0.717) is 24.2 Å². The fourth-order valence-electron chi connectivity index (χ4n) is 9.07. The predicted molar refractivity (Wildman–Crippen MR) is 122 cm³/mol. The van der Waals surface area contributed by atoms with Gasteiger partial charge in [-0.2, -0.15) is 13.2 Å². The fraction of sp³-hybridized carbons (Fsp3) is 0.963. The molecule has 3 saturated carbocycles. The van der Waals surface area contributed by atoms with Gasteiger partial charge in [-0.05, 0) is 84.9 Å². The molecule has 1 N–H and O–H groups in total. The van der Waals surface area contributed by atoms with Crippen molar-refractivity contribution in [2.24, 2.45) is 52.3 Å². The Morgan fingerprint density at radius 3 is 2.34 bits per heavy atom. The van der Waals surface area contributed by atoms with E-state index in [9.17, 15) is 18.0 Å². The standard InChI is InChI=1S/C27H44F3NO/c1-16(2)7-6-8-17(3)18-9-10-19-24-20(11-13-25(18,19)4)26(5)14-12-23(32)31-22(26)15-21(24)27(28,29)30/h16-22,24H,6-15H2,1-5H3,(H,31,32)/t17?,18?,19?,20?,21-,22?,24?,25+,26+/m0/s1. The Kier molecular flexibility index (Phi) is 6.47. The van der Waals surface area contributed by atoms with Crippen LogP contribution in [0.4, 0.5) is 13.2 Å². The van der Waals surface area contributed by atoms with Crippen molar-refractivity contribution in [2.75, 3.05) is 0 Å². The van der Waals surface area contributed by atoms with Gasteiger partial charge in [0.05, 0.1) is 5.92 Å². The zero-order chi connectivity index (χ0) is 23.5. The van der Waals surface area contributed by atoms with Gasteiger partial charge in [0.1, 0.15) is 0 Å². The number of hydrogen-bond acceptors (Lipinski definition) is 1. The van der Waals surface area contributed by atoms with Crippen LogP contribution in [0, 0.1) is 52.3 Å². The van der Waals surface area contributed by atoms with Crippen LogP contribution in [0.2, 0.25) is 0 Å². The summed E-state index contributed by atoms with van der Waals surface area (Å²) < 4.78 is 43.4. The van der Waals surface area contributed by atoms with E-state index in [1.165, 1.54) is 19.3 Å². The van der Waals surface area contributed by atoms with Gasteiger partial charge in [0.2, 0.25) is 5.91 Å². The van der Waals surface area contributed by atoms with Crippen LogP contribution < -0.4 is 5.32 Å². The maximum Gasteiger partial charge on any atom is 0.392 e. The summed E-state index contributed by atoms with van der Waals surface area (Å²) in [5.74, 6) is 0.466. The molecule has 3 aliphatic carbocycles. The molecule has 184 valence electrons. The smallest absolute Gasteiger partial charge is 0.353 e. The number of rotatable bonds is 5. The number of fused-ring (bicyclic) bond motifs is 5. The minimum atomic E-state index is -4.19. The van der Waals surface area contributed by atoms with Gasteiger partial charge in [0.25, 0.3) is 0 Å². The number of piperidine rings is 1. The van der Waals surface area contributed by atoms with Crippen molar-refractivity contribution in [1.29, 1.82) is 0 Å². The molecule has 32 heavy (non-hydrogen) atoms. The molecule has 6 unspecified atom stereocenters. The summed E-state index contributed by atoms with van der Waals surface area (Å²) in [6, 6.07) is -0.326. The number of carbonyl (C=O) groups excluding carboxylic acids is 1. The monoisotopic (exact) mass is 455 g/mol. The van der Waals surface area contributed by atoms with Crippen LogP contribution in [0.3, 0.4) is 0 Å².